The Bertz CT molecular complexity index is 549. The van der Waals surface area contributed by atoms with Gasteiger partial charge in [-0.15, -0.1) is 0 Å². The summed E-state index contributed by atoms with van der Waals surface area (Å²) in [5.74, 6) is 0. The van der Waals surface area contributed by atoms with E-state index < -0.39 is 0 Å². The number of rotatable bonds is 4. The van der Waals surface area contributed by atoms with E-state index in [1.807, 2.05) is 49.5 Å². The molecule has 0 saturated heterocycles. The second kappa shape index (κ2) is 5.98. The topological polar surface area (TPSA) is 12.0 Å². The average Bonchev–Trinajstić information content (AvgIpc) is 2.41. The van der Waals surface area contributed by atoms with Gasteiger partial charge in [0.1, 0.15) is 0 Å². The molecule has 0 radical (unpaired) electrons. The summed E-state index contributed by atoms with van der Waals surface area (Å²) in [6.07, 6.45) is 0. The van der Waals surface area contributed by atoms with Gasteiger partial charge in [0.25, 0.3) is 0 Å². The minimum absolute atomic E-state index is 0.751. The third-order valence-electron chi connectivity index (χ3n) is 2.55. The molecule has 1 N–H and O–H groups in total. The highest BCUT2D eigenvalue weighted by Gasteiger charge is 2.06. The van der Waals surface area contributed by atoms with E-state index in [2.05, 4.69) is 18.0 Å². The fourth-order valence-electron chi connectivity index (χ4n) is 1.64. The number of hydrogen-bond acceptors (Lipinski definition) is 2. The lowest BCUT2D eigenvalue weighted by Gasteiger charge is -2.11. The second-order valence-corrected chi connectivity index (χ2v) is 5.38. The molecule has 18 heavy (non-hydrogen) atoms. The standard InChI is InChI=1S/C15H14ClNS/c1-11(14-5-3-4-6-15(14)17-2)18-13-9-7-12(16)8-10-13/h3-10,17H,1H2,2H3. The molecular formula is C15H14ClNS. The van der Waals surface area contributed by atoms with E-state index in [1.54, 1.807) is 11.8 Å². The summed E-state index contributed by atoms with van der Waals surface area (Å²) in [7, 11) is 1.92. The van der Waals surface area contributed by atoms with Gasteiger partial charge in [0.15, 0.2) is 0 Å². The number of anilines is 1. The van der Waals surface area contributed by atoms with Crippen LogP contribution in [0.3, 0.4) is 0 Å². The molecule has 0 fully saturated rings. The maximum atomic E-state index is 5.87. The van der Waals surface area contributed by atoms with E-state index in [4.69, 9.17) is 11.6 Å². The zero-order chi connectivity index (χ0) is 13.0. The molecule has 0 unspecified atom stereocenters. The van der Waals surface area contributed by atoms with Crippen LogP contribution in [-0.4, -0.2) is 7.05 Å². The summed E-state index contributed by atoms with van der Waals surface area (Å²) in [5.41, 5.74) is 2.21. The fourth-order valence-corrected chi connectivity index (χ4v) is 2.61. The Hall–Kier alpha value is -1.38. The smallest absolute Gasteiger partial charge is 0.0422 e. The predicted octanol–water partition coefficient (Wildman–Crippen LogP) is 5.14. The van der Waals surface area contributed by atoms with Crippen LogP contribution < -0.4 is 5.32 Å². The highest BCUT2D eigenvalue weighted by Crippen LogP contribution is 2.36. The summed E-state index contributed by atoms with van der Waals surface area (Å²) < 4.78 is 0. The van der Waals surface area contributed by atoms with Gasteiger partial charge in [-0.25, -0.2) is 0 Å². The van der Waals surface area contributed by atoms with Crippen molar-refractivity contribution in [3.63, 3.8) is 0 Å². The van der Waals surface area contributed by atoms with Gasteiger partial charge >= 0.3 is 0 Å². The molecule has 0 spiro atoms. The third kappa shape index (κ3) is 3.09. The average molecular weight is 276 g/mol. The van der Waals surface area contributed by atoms with Crippen LogP contribution >= 0.6 is 23.4 Å². The van der Waals surface area contributed by atoms with E-state index in [-0.39, 0.29) is 0 Å². The van der Waals surface area contributed by atoms with Gasteiger partial charge in [-0.05, 0) is 30.3 Å². The zero-order valence-electron chi connectivity index (χ0n) is 10.1. The second-order valence-electron chi connectivity index (χ2n) is 3.77. The Kier molecular flexibility index (Phi) is 4.34. The van der Waals surface area contributed by atoms with Crippen LogP contribution in [0.4, 0.5) is 5.69 Å². The molecule has 0 atom stereocenters. The van der Waals surface area contributed by atoms with Crippen molar-refractivity contribution in [3.8, 4) is 0 Å². The number of para-hydroxylation sites is 1. The van der Waals surface area contributed by atoms with Crippen LogP contribution in [0.25, 0.3) is 4.91 Å². The number of thioether (sulfide) groups is 1. The molecule has 0 bridgehead atoms. The number of nitrogens with one attached hydrogen (secondary N) is 1. The molecule has 92 valence electrons. The Labute approximate surface area is 117 Å². The van der Waals surface area contributed by atoms with Gasteiger partial charge in [-0.3, -0.25) is 0 Å². The van der Waals surface area contributed by atoms with Crippen molar-refractivity contribution in [2.24, 2.45) is 0 Å². The van der Waals surface area contributed by atoms with Crippen molar-refractivity contribution in [3.05, 3.63) is 65.7 Å². The Morgan fingerprint density at radius 1 is 1.11 bits per heavy atom. The molecule has 0 amide bonds. The molecule has 0 aliphatic heterocycles. The first-order valence-corrected chi connectivity index (χ1v) is 6.79. The van der Waals surface area contributed by atoms with Crippen LogP contribution in [0.2, 0.25) is 5.02 Å². The Balaban J connectivity index is 2.19. The predicted molar refractivity (Wildman–Crippen MR) is 82.3 cm³/mol. The lowest BCUT2D eigenvalue weighted by Crippen LogP contribution is -1.92. The van der Waals surface area contributed by atoms with Crippen LogP contribution in [0.5, 0.6) is 0 Å². The van der Waals surface area contributed by atoms with E-state index in [1.165, 1.54) is 0 Å². The number of halogens is 1. The molecule has 0 aromatic heterocycles. The van der Waals surface area contributed by atoms with Crippen LogP contribution in [-0.2, 0) is 0 Å². The van der Waals surface area contributed by atoms with E-state index in [0.717, 1.165) is 26.1 Å². The SMILES string of the molecule is C=C(Sc1ccc(Cl)cc1)c1ccccc1NC. The summed E-state index contributed by atoms with van der Waals surface area (Å²) in [6.45, 7) is 4.14. The van der Waals surface area contributed by atoms with E-state index >= 15 is 0 Å². The van der Waals surface area contributed by atoms with Crippen molar-refractivity contribution in [2.45, 2.75) is 4.90 Å². The van der Waals surface area contributed by atoms with Crippen molar-refractivity contribution in [1.82, 2.24) is 0 Å². The largest absolute Gasteiger partial charge is 0.388 e. The van der Waals surface area contributed by atoms with Gasteiger partial charge in [0.05, 0.1) is 0 Å². The molecule has 0 aliphatic rings. The van der Waals surface area contributed by atoms with Gasteiger partial charge in [0.2, 0.25) is 0 Å². The summed E-state index contributed by atoms with van der Waals surface area (Å²) in [4.78, 5) is 2.15. The van der Waals surface area contributed by atoms with Gasteiger partial charge in [-0.2, -0.15) is 0 Å². The minimum atomic E-state index is 0.751. The molecule has 2 rings (SSSR count). The molecule has 3 heteroatoms. The minimum Gasteiger partial charge on any atom is -0.388 e. The summed E-state index contributed by atoms with van der Waals surface area (Å²) >= 11 is 7.51. The highest BCUT2D eigenvalue weighted by molar-refractivity contribution is 8.08. The van der Waals surface area contributed by atoms with Crippen LogP contribution in [0.1, 0.15) is 5.56 Å². The molecule has 1 nitrogen and oxygen atoms in total. The van der Waals surface area contributed by atoms with Gasteiger partial charge in [0, 0.05) is 33.1 Å². The first kappa shape index (κ1) is 13.1. The zero-order valence-corrected chi connectivity index (χ0v) is 11.7. The van der Waals surface area contributed by atoms with Gasteiger partial charge < -0.3 is 5.32 Å². The van der Waals surface area contributed by atoms with Gasteiger partial charge in [-0.1, -0.05) is 48.1 Å². The summed E-state index contributed by atoms with van der Waals surface area (Å²) in [6, 6.07) is 15.9. The molecule has 2 aromatic rings. The molecule has 2 aromatic carbocycles. The lowest BCUT2D eigenvalue weighted by atomic mass is 10.2. The highest BCUT2D eigenvalue weighted by atomic mass is 35.5. The number of benzene rings is 2. The van der Waals surface area contributed by atoms with Crippen LogP contribution in [0.15, 0.2) is 60.0 Å². The maximum absolute atomic E-state index is 5.87. The summed E-state index contributed by atoms with van der Waals surface area (Å²) in [5, 5.41) is 3.93. The van der Waals surface area contributed by atoms with E-state index in [0.29, 0.717) is 0 Å². The van der Waals surface area contributed by atoms with Crippen molar-refractivity contribution in [1.29, 1.82) is 0 Å². The van der Waals surface area contributed by atoms with Crippen LogP contribution in [0, 0.1) is 0 Å². The monoisotopic (exact) mass is 275 g/mol. The first-order valence-electron chi connectivity index (χ1n) is 5.60. The Morgan fingerprint density at radius 2 is 1.78 bits per heavy atom. The lowest BCUT2D eigenvalue weighted by molar-refractivity contribution is 1.47. The van der Waals surface area contributed by atoms with Crippen molar-refractivity contribution < 1.29 is 0 Å². The quantitative estimate of drug-likeness (QED) is 0.775. The third-order valence-corrected chi connectivity index (χ3v) is 3.78. The molecule has 0 aliphatic carbocycles. The first-order chi connectivity index (χ1) is 8.70. The Morgan fingerprint density at radius 3 is 2.44 bits per heavy atom. The van der Waals surface area contributed by atoms with Crippen molar-refractivity contribution in [2.75, 3.05) is 12.4 Å². The van der Waals surface area contributed by atoms with Crippen molar-refractivity contribution >= 4 is 34.0 Å². The maximum Gasteiger partial charge on any atom is 0.0422 e. The van der Waals surface area contributed by atoms with E-state index in [9.17, 15) is 0 Å². The molecule has 0 saturated carbocycles. The number of hydrogen-bond donors (Lipinski definition) is 1. The normalized spacial score (nSPS) is 10.1. The molecule has 0 heterocycles. The molecular weight excluding hydrogens is 262 g/mol. The fraction of sp³-hybridized carbons (Fsp3) is 0.0667.